The van der Waals surface area contributed by atoms with Crippen LogP contribution in [0.25, 0.3) is 0 Å². The molecule has 0 saturated heterocycles. The molecule has 2 saturated carbocycles. The highest BCUT2D eigenvalue weighted by Crippen LogP contribution is 2.29. The van der Waals surface area contributed by atoms with E-state index in [1.807, 2.05) is 12.1 Å². The molecule has 8 heteroatoms. The van der Waals surface area contributed by atoms with Gasteiger partial charge in [-0.25, -0.2) is 0 Å². The summed E-state index contributed by atoms with van der Waals surface area (Å²) in [6, 6.07) is 7.68. The van der Waals surface area contributed by atoms with Gasteiger partial charge in [0.15, 0.2) is 12.6 Å². The number of thiophene rings is 2. The van der Waals surface area contributed by atoms with Gasteiger partial charge in [-0.05, 0) is 71.2 Å². The number of carbonyl (C=O) groups is 2. The van der Waals surface area contributed by atoms with Gasteiger partial charge in [0.25, 0.3) is 0 Å². The van der Waals surface area contributed by atoms with Crippen molar-refractivity contribution in [1.82, 2.24) is 0 Å². The third-order valence-corrected chi connectivity index (χ3v) is 9.21. The van der Waals surface area contributed by atoms with Crippen LogP contribution in [0.2, 0.25) is 6.32 Å². The van der Waals surface area contributed by atoms with Gasteiger partial charge in [-0.1, -0.05) is 70.6 Å². The maximum Gasteiger partial charge on any atom is 0.451 e. The SMILES string of the molecule is O=Cc1ccc(Br)s1.O=Cc1ccc(CCC2CCCCC2)s1.OB(O)CCC1CCCCC1. The van der Waals surface area contributed by atoms with E-state index in [-0.39, 0.29) is 0 Å². The second kappa shape index (κ2) is 17.6. The summed E-state index contributed by atoms with van der Waals surface area (Å²) in [7, 11) is -1.09. The van der Waals surface area contributed by atoms with E-state index in [2.05, 4.69) is 22.0 Å². The van der Waals surface area contributed by atoms with Gasteiger partial charge in [0.2, 0.25) is 0 Å². The van der Waals surface area contributed by atoms with Crippen molar-refractivity contribution in [3.8, 4) is 0 Å². The molecule has 188 valence electrons. The number of carbonyl (C=O) groups excluding carboxylic acids is 2. The lowest BCUT2D eigenvalue weighted by Crippen LogP contribution is -2.14. The number of rotatable bonds is 8. The Morgan fingerprint density at radius 1 is 0.794 bits per heavy atom. The predicted molar refractivity (Wildman–Crippen MR) is 148 cm³/mol. The molecule has 0 aliphatic heterocycles. The van der Waals surface area contributed by atoms with E-state index in [9.17, 15) is 9.59 Å². The molecule has 2 aromatic heterocycles. The van der Waals surface area contributed by atoms with Crippen LogP contribution in [0, 0.1) is 11.8 Å². The molecule has 34 heavy (non-hydrogen) atoms. The van der Waals surface area contributed by atoms with E-state index in [1.54, 1.807) is 17.4 Å². The zero-order valence-electron chi connectivity index (χ0n) is 20.0. The Balaban J connectivity index is 0.000000190. The van der Waals surface area contributed by atoms with Gasteiger partial charge in [0.05, 0.1) is 13.5 Å². The molecule has 0 spiro atoms. The summed E-state index contributed by atoms with van der Waals surface area (Å²) < 4.78 is 1.000. The Morgan fingerprint density at radius 3 is 1.76 bits per heavy atom. The summed E-state index contributed by atoms with van der Waals surface area (Å²) in [4.78, 5) is 23.6. The molecule has 0 bridgehead atoms. The zero-order chi connectivity index (χ0) is 24.6. The average Bonchev–Trinajstić information content (AvgIpc) is 3.52. The van der Waals surface area contributed by atoms with Crippen molar-refractivity contribution in [2.24, 2.45) is 11.8 Å². The van der Waals surface area contributed by atoms with Crippen molar-refractivity contribution in [2.45, 2.75) is 89.8 Å². The molecule has 2 N–H and O–H groups in total. The monoisotopic (exact) mass is 568 g/mol. The van der Waals surface area contributed by atoms with Gasteiger partial charge < -0.3 is 10.0 Å². The fourth-order valence-electron chi connectivity index (χ4n) is 4.67. The van der Waals surface area contributed by atoms with Crippen molar-refractivity contribution < 1.29 is 19.6 Å². The van der Waals surface area contributed by atoms with Crippen LogP contribution in [0.15, 0.2) is 28.1 Å². The van der Waals surface area contributed by atoms with E-state index in [0.717, 1.165) is 44.4 Å². The molecule has 0 aromatic carbocycles. The van der Waals surface area contributed by atoms with Gasteiger partial charge in [-0.3, -0.25) is 9.59 Å². The quantitative estimate of drug-likeness (QED) is 0.251. The standard InChI is InChI=1S/C13H18OS.C8H17BO2.C5H3BrOS/c14-10-13-9-8-12(15-13)7-6-11-4-2-1-3-5-11;10-9(11)7-6-8-4-2-1-3-5-8;6-5-2-1-4(3-7)8-5/h8-11H,1-7H2;8,10-11H,1-7H2;1-3H. The molecule has 0 radical (unpaired) electrons. The summed E-state index contributed by atoms with van der Waals surface area (Å²) in [5, 5.41) is 17.3. The largest absolute Gasteiger partial charge is 0.451 e. The first-order chi connectivity index (χ1) is 16.5. The van der Waals surface area contributed by atoms with Gasteiger partial charge in [-0.15, -0.1) is 22.7 Å². The summed E-state index contributed by atoms with van der Waals surface area (Å²) in [6.45, 7) is 0. The molecular formula is C26H38BBrO4S2. The third kappa shape index (κ3) is 12.8. The molecule has 2 heterocycles. The molecule has 2 aromatic rings. The zero-order valence-corrected chi connectivity index (χ0v) is 23.2. The first-order valence-electron chi connectivity index (χ1n) is 12.6. The summed E-state index contributed by atoms with van der Waals surface area (Å²) in [5.74, 6) is 1.71. The van der Waals surface area contributed by atoms with E-state index < -0.39 is 7.12 Å². The number of aryl methyl sites for hydroxylation is 1. The van der Waals surface area contributed by atoms with E-state index in [4.69, 9.17) is 10.0 Å². The highest BCUT2D eigenvalue weighted by atomic mass is 79.9. The minimum atomic E-state index is -1.09. The van der Waals surface area contributed by atoms with Crippen molar-refractivity contribution in [3.63, 3.8) is 0 Å². The van der Waals surface area contributed by atoms with E-state index >= 15 is 0 Å². The Kier molecular flexibility index (Phi) is 15.2. The smallest absolute Gasteiger partial charge is 0.427 e. The van der Waals surface area contributed by atoms with Crippen LogP contribution >= 0.6 is 38.6 Å². The van der Waals surface area contributed by atoms with Gasteiger partial charge in [0.1, 0.15) is 0 Å². The van der Waals surface area contributed by atoms with Crippen molar-refractivity contribution in [2.75, 3.05) is 0 Å². The minimum Gasteiger partial charge on any atom is -0.427 e. The van der Waals surface area contributed by atoms with Crippen LogP contribution in [0.1, 0.15) is 101 Å². The lowest BCUT2D eigenvalue weighted by Gasteiger charge is -2.20. The van der Waals surface area contributed by atoms with E-state index in [0.29, 0.717) is 6.32 Å². The maximum atomic E-state index is 10.5. The lowest BCUT2D eigenvalue weighted by atomic mass is 9.77. The second-order valence-electron chi connectivity index (χ2n) is 9.29. The molecular weight excluding hydrogens is 531 g/mol. The normalized spacial score (nSPS) is 16.6. The summed E-state index contributed by atoms with van der Waals surface area (Å²) in [5.41, 5.74) is 0. The number of halogens is 1. The molecule has 4 nitrogen and oxygen atoms in total. The lowest BCUT2D eigenvalue weighted by molar-refractivity contribution is 0.111. The summed E-state index contributed by atoms with van der Waals surface area (Å²) >= 11 is 6.32. The fourth-order valence-corrected chi connectivity index (χ4v) is 6.75. The Hall–Kier alpha value is -0.795. The predicted octanol–water partition coefficient (Wildman–Crippen LogP) is 7.83. The van der Waals surface area contributed by atoms with Crippen molar-refractivity contribution >= 4 is 58.3 Å². The van der Waals surface area contributed by atoms with Crippen molar-refractivity contribution in [3.05, 3.63) is 42.7 Å². The molecule has 2 aliphatic carbocycles. The Morgan fingerprint density at radius 2 is 1.32 bits per heavy atom. The topological polar surface area (TPSA) is 74.6 Å². The van der Waals surface area contributed by atoms with E-state index in [1.165, 1.54) is 93.3 Å². The van der Waals surface area contributed by atoms with Crippen LogP contribution in [-0.4, -0.2) is 29.7 Å². The maximum absolute atomic E-state index is 10.5. The molecule has 2 aliphatic rings. The van der Waals surface area contributed by atoms with Crippen LogP contribution in [0.3, 0.4) is 0 Å². The number of aldehydes is 2. The Bertz CT molecular complexity index is 811. The highest BCUT2D eigenvalue weighted by Gasteiger charge is 2.16. The number of hydrogen-bond acceptors (Lipinski definition) is 6. The van der Waals surface area contributed by atoms with Gasteiger partial charge in [-0.2, -0.15) is 0 Å². The first-order valence-corrected chi connectivity index (χ1v) is 15.0. The van der Waals surface area contributed by atoms with Crippen LogP contribution < -0.4 is 0 Å². The first kappa shape index (κ1) is 29.4. The minimum absolute atomic E-state index is 0.560. The molecule has 2 fully saturated rings. The van der Waals surface area contributed by atoms with Gasteiger partial charge >= 0.3 is 7.12 Å². The van der Waals surface area contributed by atoms with Gasteiger partial charge in [0, 0.05) is 4.88 Å². The summed E-state index contributed by atoms with van der Waals surface area (Å²) in [6.07, 6.45) is 19.6. The number of hydrogen-bond donors (Lipinski definition) is 2. The average molecular weight is 569 g/mol. The second-order valence-corrected chi connectivity index (χ2v) is 13.0. The van der Waals surface area contributed by atoms with Crippen LogP contribution in [0.5, 0.6) is 0 Å². The molecule has 0 amide bonds. The molecule has 0 atom stereocenters. The molecule has 0 unspecified atom stereocenters. The fraction of sp³-hybridized carbons (Fsp3) is 0.615. The van der Waals surface area contributed by atoms with Crippen LogP contribution in [0.4, 0.5) is 0 Å². The van der Waals surface area contributed by atoms with Crippen molar-refractivity contribution in [1.29, 1.82) is 0 Å². The van der Waals surface area contributed by atoms with Crippen LogP contribution in [-0.2, 0) is 6.42 Å². The third-order valence-electron chi connectivity index (χ3n) is 6.59. The Labute approximate surface area is 221 Å². The highest BCUT2D eigenvalue weighted by molar-refractivity contribution is 9.11. The molecule has 4 rings (SSSR count).